The third-order valence-corrected chi connectivity index (χ3v) is 14.0. The predicted octanol–water partition coefficient (Wildman–Crippen LogP) is 10.7. The summed E-state index contributed by atoms with van der Waals surface area (Å²) in [4.78, 5) is 51.4. The molecule has 344 valence electrons. The molecule has 0 aromatic carbocycles. The van der Waals surface area contributed by atoms with Gasteiger partial charge in [-0.25, -0.2) is 29.9 Å². The van der Waals surface area contributed by atoms with E-state index in [-0.39, 0.29) is 33.2 Å². The molecule has 3 fully saturated rings. The first kappa shape index (κ1) is 47.3. The molecule has 0 bridgehead atoms. The van der Waals surface area contributed by atoms with Crippen LogP contribution in [0.2, 0.25) is 0 Å². The zero-order chi connectivity index (χ0) is 45.0. The highest BCUT2D eigenvalue weighted by Crippen LogP contribution is 2.43. The van der Waals surface area contributed by atoms with Gasteiger partial charge < -0.3 is 30.7 Å². The summed E-state index contributed by atoms with van der Waals surface area (Å²) < 4.78 is 0. The van der Waals surface area contributed by atoms with E-state index in [1.54, 1.807) is 19.0 Å². The Morgan fingerprint density at radius 3 is 0.984 bits per heavy atom. The number of rotatable bonds is 18. The van der Waals surface area contributed by atoms with E-state index in [2.05, 4.69) is 121 Å². The van der Waals surface area contributed by atoms with E-state index in [0.717, 1.165) is 77.0 Å². The maximum absolute atomic E-state index is 5.19. The molecule has 3 N–H and O–H groups in total. The topological polar surface area (TPSA) is 162 Å². The van der Waals surface area contributed by atoms with Gasteiger partial charge in [-0.1, -0.05) is 51.9 Å². The second kappa shape index (κ2) is 18.5. The van der Waals surface area contributed by atoms with Crippen LogP contribution in [0, 0.1) is 0 Å². The average Bonchev–Trinajstić information content (AvgIpc) is 3.14. The lowest BCUT2D eigenvalue weighted by Crippen LogP contribution is -2.60. The Balaban J connectivity index is 1.44. The molecule has 3 aliphatic heterocycles. The third-order valence-electron chi connectivity index (χ3n) is 14.0. The summed E-state index contributed by atoms with van der Waals surface area (Å²) >= 11 is 0. The van der Waals surface area contributed by atoms with Crippen LogP contribution in [-0.2, 0) is 0 Å². The van der Waals surface area contributed by atoms with Crippen molar-refractivity contribution in [2.75, 3.05) is 30.7 Å². The smallest absolute Gasteiger partial charge is 0.231 e. The fourth-order valence-corrected chi connectivity index (χ4v) is 11.4. The minimum Gasteiger partial charge on any atom is -0.330 e. The first-order chi connectivity index (χ1) is 29.1. The highest BCUT2D eigenvalue weighted by molar-refractivity contribution is 5.52. The lowest BCUT2D eigenvalue weighted by molar-refractivity contribution is 0.239. The van der Waals surface area contributed by atoms with E-state index in [4.69, 9.17) is 44.9 Å². The van der Waals surface area contributed by atoms with E-state index >= 15 is 0 Å². The van der Waals surface area contributed by atoms with Crippen LogP contribution in [0.5, 0.6) is 0 Å². The zero-order valence-electron chi connectivity index (χ0n) is 40.8. The Bertz CT molecular complexity index is 1670. The van der Waals surface area contributed by atoms with Crippen LogP contribution >= 0.6 is 0 Å². The van der Waals surface area contributed by atoms with Gasteiger partial charge in [0.25, 0.3) is 0 Å². The molecule has 0 atom stereocenters. The van der Waals surface area contributed by atoms with Gasteiger partial charge in [0.2, 0.25) is 35.7 Å². The van der Waals surface area contributed by atoms with E-state index < -0.39 is 5.79 Å². The van der Waals surface area contributed by atoms with Gasteiger partial charge in [-0.05, 0) is 147 Å². The Morgan fingerprint density at radius 1 is 0.419 bits per heavy atom. The zero-order valence-corrected chi connectivity index (χ0v) is 40.8. The Hall–Kier alpha value is -4.17. The van der Waals surface area contributed by atoms with Crippen LogP contribution in [0.1, 0.15) is 206 Å². The maximum Gasteiger partial charge on any atom is 0.231 e. The van der Waals surface area contributed by atoms with Gasteiger partial charge in [-0.2, -0.15) is 15.0 Å². The number of unbranched alkanes of at least 4 members (excludes halogenated alkanes) is 7. The van der Waals surface area contributed by atoms with Gasteiger partial charge in [-0.15, -0.1) is 0 Å². The van der Waals surface area contributed by atoms with Crippen molar-refractivity contribution in [2.24, 2.45) is 0 Å². The fraction of sp³-hybridized carbons (Fsp3) is 0.809. The standard InChI is InChI=1S/C47H81N15/c1-14-15-16-17-18-19-20-21-31-47(57-35-48-32-51-38(54-35)60-41(2,3)25-22-26-42(60,4)5,58-36-49-33-52-39(55-36)61-43(6,7)27-23-28-44(61,8)9)59-37-50-34-53-40(56-37)62-45(10,11)29-24-30-46(62,12)13/h32-34H,14-31H2,1-13H3,(H,48,51,54,57)(H,49,52,55,58)(H,50,53,56,59). The van der Waals surface area contributed by atoms with Crippen LogP contribution in [0.3, 0.4) is 0 Å². The van der Waals surface area contributed by atoms with Crippen molar-refractivity contribution in [3.63, 3.8) is 0 Å². The van der Waals surface area contributed by atoms with Gasteiger partial charge in [0.1, 0.15) is 19.0 Å². The Labute approximate surface area is 373 Å². The van der Waals surface area contributed by atoms with Gasteiger partial charge >= 0.3 is 0 Å². The monoisotopic (exact) mass is 856 g/mol. The number of nitrogens with one attached hydrogen (secondary N) is 3. The molecule has 6 heterocycles. The van der Waals surface area contributed by atoms with Gasteiger partial charge in [0, 0.05) is 39.7 Å². The minimum absolute atomic E-state index is 0.139. The highest BCUT2D eigenvalue weighted by Gasteiger charge is 2.46. The first-order valence-corrected chi connectivity index (χ1v) is 23.9. The number of aromatic nitrogens is 9. The Kier molecular flexibility index (Phi) is 14.1. The first-order valence-electron chi connectivity index (χ1n) is 23.9. The number of hydrogen-bond donors (Lipinski definition) is 3. The molecule has 3 aromatic rings. The summed E-state index contributed by atoms with van der Waals surface area (Å²) in [6.45, 7) is 29.7. The number of anilines is 6. The highest BCUT2D eigenvalue weighted by atomic mass is 15.5. The molecule has 0 aliphatic carbocycles. The van der Waals surface area contributed by atoms with Crippen molar-refractivity contribution in [3.05, 3.63) is 19.0 Å². The summed E-state index contributed by atoms with van der Waals surface area (Å²) in [5.41, 5.74) is -0.835. The van der Waals surface area contributed by atoms with E-state index in [1.807, 2.05) is 0 Å². The van der Waals surface area contributed by atoms with Crippen molar-refractivity contribution in [3.8, 4) is 0 Å². The van der Waals surface area contributed by atoms with Crippen molar-refractivity contribution >= 4 is 35.7 Å². The largest absolute Gasteiger partial charge is 0.330 e. The normalized spacial score (nSPS) is 21.3. The van der Waals surface area contributed by atoms with E-state index in [9.17, 15) is 0 Å². The number of hydrogen-bond acceptors (Lipinski definition) is 15. The predicted molar refractivity (Wildman–Crippen MR) is 254 cm³/mol. The summed E-state index contributed by atoms with van der Waals surface area (Å²) in [5.74, 6) is 2.06. The molecule has 3 aliphatic rings. The number of nitrogens with zero attached hydrogens (tertiary/aromatic N) is 12. The van der Waals surface area contributed by atoms with Crippen LogP contribution in [-0.4, -0.2) is 83.9 Å². The van der Waals surface area contributed by atoms with Gasteiger partial charge in [0.05, 0.1) is 0 Å². The SMILES string of the molecule is CCCCCCCCCCC(Nc1ncnc(N2C(C)(C)CCCC2(C)C)n1)(Nc1ncnc(N2C(C)(C)CCCC2(C)C)n1)Nc1ncnc(N2C(C)(C)CCCC2(C)C)n1. The molecular weight excluding hydrogens is 775 g/mol. The van der Waals surface area contributed by atoms with E-state index in [1.165, 1.54) is 32.1 Å². The van der Waals surface area contributed by atoms with Crippen LogP contribution in [0.25, 0.3) is 0 Å². The molecule has 15 nitrogen and oxygen atoms in total. The molecule has 0 unspecified atom stereocenters. The van der Waals surface area contributed by atoms with Crippen molar-refractivity contribution in [2.45, 2.75) is 245 Å². The molecular formula is C47H81N15. The molecule has 3 aromatic heterocycles. The molecule has 6 rings (SSSR count). The average molecular weight is 856 g/mol. The summed E-state index contributed by atoms with van der Waals surface area (Å²) in [6.07, 6.45) is 24.6. The van der Waals surface area contributed by atoms with Crippen LogP contribution in [0.15, 0.2) is 19.0 Å². The maximum atomic E-state index is 5.19. The second-order valence-corrected chi connectivity index (χ2v) is 22.3. The van der Waals surface area contributed by atoms with Gasteiger partial charge in [0.15, 0.2) is 5.79 Å². The van der Waals surface area contributed by atoms with Crippen molar-refractivity contribution < 1.29 is 0 Å². The lowest BCUT2D eigenvalue weighted by Gasteiger charge is -2.53. The molecule has 62 heavy (non-hydrogen) atoms. The summed E-state index contributed by atoms with van der Waals surface area (Å²) in [7, 11) is 0. The second-order valence-electron chi connectivity index (χ2n) is 22.3. The molecule has 0 saturated carbocycles. The molecule has 15 heteroatoms. The summed E-state index contributed by atoms with van der Waals surface area (Å²) in [5, 5.41) is 11.3. The minimum atomic E-state index is -1.15. The third kappa shape index (κ3) is 10.9. The fourth-order valence-electron chi connectivity index (χ4n) is 11.4. The molecule has 0 spiro atoms. The Morgan fingerprint density at radius 2 is 0.694 bits per heavy atom. The van der Waals surface area contributed by atoms with Gasteiger partial charge in [-0.3, -0.25) is 0 Å². The van der Waals surface area contributed by atoms with Crippen LogP contribution < -0.4 is 30.7 Å². The van der Waals surface area contributed by atoms with E-state index in [0.29, 0.717) is 42.1 Å². The lowest BCUT2D eigenvalue weighted by atomic mass is 9.80. The molecule has 0 amide bonds. The molecule has 3 saturated heterocycles. The quantitative estimate of drug-likeness (QED) is 0.0818. The van der Waals surface area contributed by atoms with Crippen LogP contribution in [0.4, 0.5) is 35.7 Å². The van der Waals surface area contributed by atoms with Crippen molar-refractivity contribution in [1.29, 1.82) is 0 Å². The number of piperidine rings is 3. The van der Waals surface area contributed by atoms with Crippen molar-refractivity contribution in [1.82, 2.24) is 44.9 Å². The summed E-state index contributed by atoms with van der Waals surface area (Å²) in [6, 6.07) is 0. The molecule has 0 radical (unpaired) electrons.